The topological polar surface area (TPSA) is 9.86 Å². The van der Waals surface area contributed by atoms with Crippen molar-refractivity contribution in [2.75, 3.05) is 0 Å². The Bertz CT molecular complexity index is 1350. The zero-order valence-electron chi connectivity index (χ0n) is 20.4. The quantitative estimate of drug-likeness (QED) is 0.312. The van der Waals surface area contributed by atoms with Gasteiger partial charge in [-0.3, -0.25) is 0 Å². The van der Waals surface area contributed by atoms with E-state index in [9.17, 15) is 0 Å². The minimum absolute atomic E-state index is 0. The van der Waals surface area contributed by atoms with Crippen LogP contribution in [0.2, 0.25) is 0 Å². The fraction of sp³-hybridized carbons (Fsp3) is 0.200. The first kappa shape index (κ1) is 26.4. The fourth-order valence-electron chi connectivity index (χ4n) is 5.59. The Morgan fingerprint density at radius 1 is 0.600 bits per heavy atom. The average molecular weight is 668 g/mol. The zero-order valence-corrected chi connectivity index (χ0v) is 26.0. The van der Waals surface area contributed by atoms with Crippen molar-refractivity contribution in [2.24, 2.45) is 0 Å². The number of hydrogen-bond donors (Lipinski definition) is 0. The largest absolute Gasteiger partial charge is 1.00 e. The standard InChI is InChI=1S/2C15H14N.2BrH.Zr/c2*1-11-7-12(2)16(10-11)15-8-13-5-3-4-6-14(13)9-15;;;/h2*3-10H,1-2H3;2*1H;/q;;;;+2/p-2. The molecule has 5 heteroatoms. The maximum Gasteiger partial charge on any atom is -1.00 e. The van der Waals surface area contributed by atoms with Gasteiger partial charge in [-0.15, -0.1) is 0 Å². The Balaban J connectivity index is 0.00000144. The number of aromatic nitrogens is 2. The van der Waals surface area contributed by atoms with Crippen molar-refractivity contribution in [1.29, 1.82) is 0 Å². The van der Waals surface area contributed by atoms with Gasteiger partial charge in [0.05, 0.1) is 0 Å². The van der Waals surface area contributed by atoms with Crippen molar-refractivity contribution in [3.8, 4) is 0 Å². The van der Waals surface area contributed by atoms with Gasteiger partial charge >= 0.3 is 209 Å². The Kier molecular flexibility index (Phi) is 7.81. The number of rotatable bonds is 4. The maximum absolute atomic E-state index is 2.45. The predicted octanol–water partition coefficient (Wildman–Crippen LogP) is 1.42. The van der Waals surface area contributed by atoms with Gasteiger partial charge in [-0.1, -0.05) is 0 Å². The van der Waals surface area contributed by atoms with Crippen LogP contribution in [-0.4, -0.2) is 9.13 Å². The molecule has 0 radical (unpaired) electrons. The summed E-state index contributed by atoms with van der Waals surface area (Å²) < 4.78 is 5.95. The summed E-state index contributed by atoms with van der Waals surface area (Å²) in [5.41, 5.74) is 14.1. The van der Waals surface area contributed by atoms with Gasteiger partial charge in [-0.25, -0.2) is 0 Å². The van der Waals surface area contributed by atoms with E-state index in [0.717, 1.165) is 0 Å². The molecule has 4 aromatic rings. The fourth-order valence-corrected chi connectivity index (χ4v) is 10.5. The van der Waals surface area contributed by atoms with Crippen molar-refractivity contribution >= 4 is 23.5 Å². The first-order valence-electron chi connectivity index (χ1n) is 11.7. The molecule has 2 nitrogen and oxygen atoms in total. The van der Waals surface area contributed by atoms with Crippen molar-refractivity contribution in [1.82, 2.24) is 9.13 Å². The van der Waals surface area contributed by atoms with Gasteiger partial charge in [0.1, 0.15) is 0 Å². The maximum atomic E-state index is 2.45. The van der Waals surface area contributed by atoms with Crippen LogP contribution in [0.4, 0.5) is 0 Å². The third kappa shape index (κ3) is 4.61. The molecule has 0 aliphatic heterocycles. The van der Waals surface area contributed by atoms with Gasteiger partial charge in [0, 0.05) is 0 Å². The second kappa shape index (κ2) is 10.4. The summed E-state index contributed by atoms with van der Waals surface area (Å²) in [5.74, 6) is 0. The van der Waals surface area contributed by atoms with E-state index in [-0.39, 0.29) is 34.0 Å². The third-order valence-corrected chi connectivity index (χ3v) is 11.6. The van der Waals surface area contributed by atoms with Crippen molar-refractivity contribution in [3.63, 3.8) is 0 Å². The van der Waals surface area contributed by atoms with E-state index in [1.54, 1.807) is 0 Å². The van der Waals surface area contributed by atoms with Crippen LogP contribution in [0, 0.1) is 27.7 Å². The van der Waals surface area contributed by atoms with E-state index < -0.39 is 23.2 Å². The Morgan fingerprint density at radius 3 is 1.37 bits per heavy atom. The number of nitrogens with zero attached hydrogens (tertiary/aromatic N) is 2. The van der Waals surface area contributed by atoms with Gasteiger partial charge in [0.25, 0.3) is 0 Å². The van der Waals surface area contributed by atoms with Crippen LogP contribution in [0.5, 0.6) is 0 Å². The van der Waals surface area contributed by atoms with Crippen LogP contribution >= 0.6 is 0 Å². The molecule has 2 heterocycles. The van der Waals surface area contributed by atoms with E-state index in [0.29, 0.717) is 7.25 Å². The first-order chi connectivity index (χ1) is 16.0. The number of halogens is 2. The van der Waals surface area contributed by atoms with E-state index >= 15 is 0 Å². The van der Waals surface area contributed by atoms with Gasteiger partial charge in [-0.2, -0.15) is 0 Å². The molecule has 2 unspecified atom stereocenters. The number of fused-ring (bicyclic) bond motifs is 2. The van der Waals surface area contributed by atoms with Crippen molar-refractivity contribution in [3.05, 3.63) is 118 Å². The van der Waals surface area contributed by atoms with Crippen LogP contribution in [0.25, 0.3) is 23.5 Å². The van der Waals surface area contributed by atoms with Gasteiger partial charge in [0.15, 0.2) is 0 Å². The monoisotopic (exact) mass is 664 g/mol. The molecule has 2 atom stereocenters. The molecular formula is C30H28Br2N2Zr. The third-order valence-electron chi connectivity index (χ3n) is 7.00. The summed E-state index contributed by atoms with van der Waals surface area (Å²) >= 11 is -1.00. The molecule has 2 aliphatic rings. The molecular weight excluding hydrogens is 639 g/mol. The molecule has 0 saturated heterocycles. The molecule has 0 saturated carbocycles. The Labute approximate surface area is 240 Å². The van der Waals surface area contributed by atoms with Crippen LogP contribution in [0.1, 0.15) is 52.0 Å². The molecule has 2 aliphatic carbocycles. The van der Waals surface area contributed by atoms with E-state index in [2.05, 4.69) is 122 Å². The van der Waals surface area contributed by atoms with Crippen LogP contribution in [-0.2, 0) is 23.2 Å². The first-order valence-corrected chi connectivity index (χ1v) is 14.5. The molecule has 0 N–H and O–H groups in total. The Hall–Kier alpha value is -1.68. The number of hydrogen-bond acceptors (Lipinski definition) is 0. The predicted molar refractivity (Wildman–Crippen MR) is 135 cm³/mol. The zero-order chi connectivity index (χ0) is 22.7. The number of aryl methyl sites for hydroxylation is 4. The molecule has 0 amide bonds. The summed E-state index contributed by atoms with van der Waals surface area (Å²) in [6, 6.07) is 22.7. The van der Waals surface area contributed by atoms with Gasteiger partial charge in [0.2, 0.25) is 0 Å². The van der Waals surface area contributed by atoms with Crippen LogP contribution < -0.4 is 34.0 Å². The average Bonchev–Trinajstić information content (AvgIpc) is 3.52. The van der Waals surface area contributed by atoms with Crippen molar-refractivity contribution in [2.45, 2.75) is 34.9 Å². The normalized spacial score (nSPS) is 17.5. The summed E-state index contributed by atoms with van der Waals surface area (Å²) in [5, 5.41) is 0. The molecule has 35 heavy (non-hydrogen) atoms. The molecule has 6 rings (SSSR count). The van der Waals surface area contributed by atoms with E-state index in [1.165, 1.54) is 56.2 Å². The summed E-state index contributed by atoms with van der Waals surface area (Å²) in [7, 11) is 0. The molecule has 0 fully saturated rings. The van der Waals surface area contributed by atoms with Crippen LogP contribution in [0.15, 0.2) is 73.1 Å². The van der Waals surface area contributed by atoms with E-state index in [1.807, 2.05) is 0 Å². The minimum atomic E-state index is -1.00. The summed E-state index contributed by atoms with van der Waals surface area (Å²) in [4.78, 5) is 0. The van der Waals surface area contributed by atoms with Gasteiger partial charge in [-0.05, 0) is 0 Å². The molecule has 0 spiro atoms. The minimum Gasteiger partial charge on any atom is -1.00 e. The van der Waals surface area contributed by atoms with E-state index in [4.69, 9.17) is 0 Å². The SMILES string of the molecule is Cc1cc(C)n(C2=Cc3ccccc3[CH]2[Zr+2][CH]2C(n3cc(C)cc3C)=Cc3ccccc32)c1.[Br-].[Br-]. The Morgan fingerprint density at radius 2 is 1.00 bits per heavy atom. The summed E-state index contributed by atoms with van der Waals surface area (Å²) in [6.07, 6.45) is 9.53. The number of allylic oxidation sites excluding steroid dienone is 2. The van der Waals surface area contributed by atoms with Crippen molar-refractivity contribution < 1.29 is 57.2 Å². The molecule has 0 bridgehead atoms. The van der Waals surface area contributed by atoms with Gasteiger partial charge < -0.3 is 34.0 Å². The number of benzene rings is 2. The second-order valence-corrected chi connectivity index (χ2v) is 13.1. The smallest absolute Gasteiger partial charge is 1.00 e. The van der Waals surface area contributed by atoms with Crippen LogP contribution in [0.3, 0.4) is 0 Å². The molecule has 2 aromatic heterocycles. The molecule has 176 valence electrons. The second-order valence-electron chi connectivity index (χ2n) is 9.49. The molecule has 2 aromatic carbocycles. The summed E-state index contributed by atoms with van der Waals surface area (Å²) in [6.45, 7) is 8.88.